The lowest BCUT2D eigenvalue weighted by Gasteiger charge is -2.29. The van der Waals surface area contributed by atoms with Crippen LogP contribution in [-0.2, 0) is 0 Å². The number of rotatable bonds is 3. The Labute approximate surface area is 115 Å². The molecule has 0 aliphatic heterocycles. The second-order valence-corrected chi connectivity index (χ2v) is 4.12. The highest BCUT2D eigenvalue weighted by atomic mass is 35.5. The minimum absolute atomic E-state index is 0.294. The summed E-state index contributed by atoms with van der Waals surface area (Å²) in [4.78, 5) is 0. The fourth-order valence-electron chi connectivity index (χ4n) is 1.40. The molecule has 0 amide bonds. The maximum absolute atomic E-state index is 10.4. The highest BCUT2D eigenvalue weighted by Gasteiger charge is 2.21. The summed E-state index contributed by atoms with van der Waals surface area (Å²) in [5.74, 6) is 0. The summed E-state index contributed by atoms with van der Waals surface area (Å²) >= 11 is 5.84. The maximum Gasteiger partial charge on any atom is 0.0940 e. The van der Waals surface area contributed by atoms with E-state index in [4.69, 9.17) is 23.9 Å². The van der Waals surface area contributed by atoms with Crippen LogP contribution in [0.4, 0.5) is 0 Å². The molecular weight excluding hydrogens is 222 g/mol. The number of halogens is 1. The molecule has 0 aliphatic carbocycles. The third-order valence-corrected chi connectivity index (χ3v) is 2.34. The number of benzene rings is 1. The molecule has 0 radical (unpaired) electrons. The summed E-state index contributed by atoms with van der Waals surface area (Å²) in [5.41, 5.74) is -2.91. The summed E-state index contributed by atoms with van der Waals surface area (Å²) in [6.45, 7) is -8.84. The van der Waals surface area contributed by atoms with Crippen LogP contribution in [0.15, 0.2) is 24.3 Å². The molecule has 3 heteroatoms. The second kappa shape index (κ2) is 5.17. The molecule has 0 aromatic heterocycles. The van der Waals surface area contributed by atoms with Gasteiger partial charge in [0.15, 0.2) is 0 Å². The van der Waals surface area contributed by atoms with Crippen LogP contribution in [-0.4, -0.2) is 16.7 Å². The smallest absolute Gasteiger partial charge is 0.0940 e. The Morgan fingerprint density at radius 3 is 2.69 bits per heavy atom. The van der Waals surface area contributed by atoms with E-state index in [2.05, 4.69) is 5.32 Å². The van der Waals surface area contributed by atoms with Gasteiger partial charge in [-0.1, -0.05) is 23.7 Å². The fraction of sp³-hybridized carbons (Fsp3) is 0.538. The van der Waals surface area contributed by atoms with Crippen molar-refractivity contribution in [1.82, 2.24) is 5.32 Å². The Kier molecular flexibility index (Phi) is 1.74. The van der Waals surface area contributed by atoms with Crippen molar-refractivity contribution < 1.29 is 17.4 Å². The van der Waals surface area contributed by atoms with Gasteiger partial charge in [0.1, 0.15) is 0 Å². The topological polar surface area (TPSA) is 32.3 Å². The summed E-state index contributed by atoms with van der Waals surface area (Å²) in [7, 11) is 0. The van der Waals surface area contributed by atoms with Crippen LogP contribution in [0, 0.1) is 0 Å². The van der Waals surface area contributed by atoms with Gasteiger partial charge in [0.05, 0.1) is 6.10 Å². The quantitative estimate of drug-likeness (QED) is 0.864. The van der Waals surface area contributed by atoms with Crippen LogP contribution in [0.3, 0.4) is 0 Å². The average molecular weight is 251 g/mol. The van der Waals surface area contributed by atoms with Gasteiger partial charge in [-0.2, -0.15) is 0 Å². The fourth-order valence-corrected chi connectivity index (χ4v) is 1.60. The number of aliphatic hydroxyl groups is 1. The minimum atomic E-state index is -3.38. The molecule has 0 spiro atoms. The van der Waals surface area contributed by atoms with Crippen LogP contribution in [0.1, 0.15) is 51.5 Å². The monoisotopic (exact) mass is 250 g/mol. The first-order valence-corrected chi connectivity index (χ1v) is 5.13. The van der Waals surface area contributed by atoms with E-state index in [1.165, 1.54) is 19.1 Å². The van der Waals surface area contributed by atoms with E-state index in [0.29, 0.717) is 10.6 Å². The number of nitrogens with one attached hydrogen (secondary N) is 1. The summed E-state index contributed by atoms with van der Waals surface area (Å²) in [6, 6.07) is 4.86. The molecule has 0 fully saturated rings. The molecule has 0 unspecified atom stereocenters. The third-order valence-electron chi connectivity index (χ3n) is 2.11. The van der Waals surface area contributed by atoms with Gasteiger partial charge >= 0.3 is 0 Å². The first-order valence-electron chi connectivity index (χ1n) is 9.26. The van der Waals surface area contributed by atoms with Gasteiger partial charge in [0, 0.05) is 28.9 Å². The predicted molar refractivity (Wildman–Crippen MR) is 68.8 cm³/mol. The SMILES string of the molecule is [2H]C([2H])([2H])C(N[C@H](C)[C@H](O)c1cccc(Cl)c1)(C([2H])([2H])[2H])C([2H])([2H])[2H]. The maximum atomic E-state index is 10.4. The van der Waals surface area contributed by atoms with E-state index in [-0.39, 0.29) is 0 Å². The highest BCUT2D eigenvalue weighted by Crippen LogP contribution is 2.21. The molecule has 16 heavy (non-hydrogen) atoms. The van der Waals surface area contributed by atoms with Crippen LogP contribution in [0.2, 0.25) is 5.02 Å². The van der Waals surface area contributed by atoms with Crippen LogP contribution < -0.4 is 5.32 Å². The van der Waals surface area contributed by atoms with Crippen molar-refractivity contribution in [3.8, 4) is 0 Å². The third kappa shape index (κ3) is 4.12. The van der Waals surface area contributed by atoms with Crippen molar-refractivity contribution in [3.63, 3.8) is 0 Å². The number of hydrogen-bond donors (Lipinski definition) is 2. The molecule has 0 saturated carbocycles. The zero-order valence-corrected chi connectivity index (χ0v) is 9.55. The first kappa shape index (κ1) is 5.38. The van der Waals surface area contributed by atoms with E-state index in [1.807, 2.05) is 0 Å². The molecule has 2 atom stereocenters. The van der Waals surface area contributed by atoms with Crippen molar-refractivity contribution in [2.45, 2.75) is 45.2 Å². The van der Waals surface area contributed by atoms with Crippen LogP contribution in [0.25, 0.3) is 0 Å². The molecule has 1 rings (SSSR count). The van der Waals surface area contributed by atoms with Crippen LogP contribution >= 0.6 is 11.6 Å². The molecule has 1 aromatic carbocycles. The zero-order valence-electron chi connectivity index (χ0n) is 17.8. The Morgan fingerprint density at radius 1 is 1.44 bits per heavy atom. The largest absolute Gasteiger partial charge is 0.387 e. The normalized spacial score (nSPS) is 26.6. The molecule has 0 aliphatic rings. The Morgan fingerprint density at radius 2 is 2.12 bits per heavy atom. The molecule has 2 nitrogen and oxygen atoms in total. The minimum Gasteiger partial charge on any atom is -0.387 e. The highest BCUT2D eigenvalue weighted by molar-refractivity contribution is 6.30. The molecule has 0 heterocycles. The average Bonchev–Trinajstić information content (AvgIpc) is 2.39. The molecular formula is C13H20ClNO. The molecule has 2 N–H and O–H groups in total. The van der Waals surface area contributed by atoms with Gasteiger partial charge in [-0.05, 0) is 45.2 Å². The van der Waals surface area contributed by atoms with Crippen molar-refractivity contribution in [2.24, 2.45) is 0 Å². The van der Waals surface area contributed by atoms with E-state index in [0.717, 1.165) is 0 Å². The lowest BCUT2D eigenvalue weighted by molar-refractivity contribution is 0.121. The first-order chi connectivity index (χ1) is 11.0. The lowest BCUT2D eigenvalue weighted by Crippen LogP contribution is -2.44. The Balaban J connectivity index is 3.35. The van der Waals surface area contributed by atoms with Crippen LogP contribution in [0.5, 0.6) is 0 Å². The molecule has 0 saturated heterocycles. The Bertz CT molecular complexity index is 560. The van der Waals surface area contributed by atoms with E-state index >= 15 is 0 Å². The molecule has 0 bridgehead atoms. The number of hydrogen-bond acceptors (Lipinski definition) is 2. The summed E-state index contributed by atoms with van der Waals surface area (Å²) < 4.78 is 68.1. The van der Waals surface area contributed by atoms with Crippen molar-refractivity contribution >= 4 is 11.6 Å². The molecule has 90 valence electrons. The van der Waals surface area contributed by atoms with Crippen molar-refractivity contribution in [2.75, 3.05) is 0 Å². The predicted octanol–water partition coefficient (Wildman–Crippen LogP) is 3.15. The standard InChI is InChI=1S/C13H20ClNO/c1-9(15-13(2,3)4)12(16)10-6-5-7-11(14)8-10/h5-9,12,15-16H,1-4H3/t9-,12+/m1/s1/i2D3,3D3,4D3. The zero-order chi connectivity index (χ0) is 19.8. The lowest BCUT2D eigenvalue weighted by atomic mass is 10.00. The van der Waals surface area contributed by atoms with E-state index in [1.54, 1.807) is 12.1 Å². The number of aliphatic hydroxyl groups excluding tert-OH is 1. The van der Waals surface area contributed by atoms with E-state index in [9.17, 15) is 5.11 Å². The second-order valence-electron chi connectivity index (χ2n) is 3.68. The summed E-state index contributed by atoms with van der Waals surface area (Å²) in [5, 5.41) is 12.9. The van der Waals surface area contributed by atoms with Crippen molar-refractivity contribution in [1.29, 1.82) is 0 Å². The van der Waals surface area contributed by atoms with Gasteiger partial charge in [-0.15, -0.1) is 0 Å². The van der Waals surface area contributed by atoms with Gasteiger partial charge in [-0.3, -0.25) is 0 Å². The summed E-state index contributed by atoms with van der Waals surface area (Å²) in [6.07, 6.45) is -1.37. The Hall–Kier alpha value is -0.570. The van der Waals surface area contributed by atoms with E-state index < -0.39 is 38.2 Å². The van der Waals surface area contributed by atoms with Gasteiger partial charge in [-0.25, -0.2) is 0 Å². The molecule has 1 aromatic rings. The van der Waals surface area contributed by atoms with Gasteiger partial charge in [0.25, 0.3) is 0 Å². The van der Waals surface area contributed by atoms with Gasteiger partial charge < -0.3 is 10.4 Å². The van der Waals surface area contributed by atoms with Gasteiger partial charge in [0.2, 0.25) is 0 Å². The van der Waals surface area contributed by atoms with Crippen molar-refractivity contribution in [3.05, 3.63) is 34.9 Å².